The number of rotatable bonds is 3. The monoisotopic (exact) mass is 322 g/mol. The third-order valence-electron chi connectivity index (χ3n) is 3.55. The molecule has 1 aromatic rings. The molecule has 6 heteroatoms. The first-order chi connectivity index (χ1) is 9.46. The van der Waals surface area contributed by atoms with Gasteiger partial charge in [0.25, 0.3) is 0 Å². The van der Waals surface area contributed by atoms with Crippen molar-refractivity contribution < 1.29 is 8.42 Å². The van der Waals surface area contributed by atoms with Gasteiger partial charge in [0, 0.05) is 0 Å². The largest absolute Gasteiger partial charge is 0.225 e. The Balaban J connectivity index is 2.68. The summed E-state index contributed by atoms with van der Waals surface area (Å²) in [6.45, 7) is 12.2. The Morgan fingerprint density at radius 3 is 2.05 bits per heavy atom. The van der Waals surface area contributed by atoms with Gasteiger partial charge in [-0.05, 0) is 38.1 Å². The van der Waals surface area contributed by atoms with E-state index in [1.54, 1.807) is 24.3 Å². The predicted molar refractivity (Wildman–Crippen MR) is 87.7 cm³/mol. The van der Waals surface area contributed by atoms with E-state index >= 15 is 0 Å². The lowest BCUT2D eigenvalue weighted by molar-refractivity contribution is 0.601. The van der Waals surface area contributed by atoms with Gasteiger partial charge in [-0.2, -0.15) is 5.11 Å². The van der Waals surface area contributed by atoms with Gasteiger partial charge in [-0.3, -0.25) is 0 Å². The van der Waals surface area contributed by atoms with E-state index in [1.807, 2.05) is 20.8 Å². The Morgan fingerprint density at radius 2 is 1.57 bits per heavy atom. The fourth-order valence-corrected chi connectivity index (χ4v) is 8.07. The average Bonchev–Trinajstić information content (AvgIpc) is 2.66. The molecule has 0 radical (unpaired) electrons. The fourth-order valence-electron chi connectivity index (χ4n) is 2.79. The van der Waals surface area contributed by atoms with Crippen molar-refractivity contribution in [2.45, 2.75) is 50.8 Å². The molecule has 0 aromatic heterocycles. The molecule has 4 nitrogen and oxygen atoms in total. The first kappa shape index (κ1) is 16.1. The van der Waals surface area contributed by atoms with Crippen molar-refractivity contribution in [3.05, 3.63) is 40.1 Å². The van der Waals surface area contributed by atoms with Crippen LogP contribution in [0.3, 0.4) is 0 Å². The van der Waals surface area contributed by atoms with Crippen molar-refractivity contribution in [3.8, 4) is 0 Å². The van der Waals surface area contributed by atoms with Crippen LogP contribution in [0.2, 0.25) is 19.6 Å². The Kier molecular flexibility index (Phi) is 3.74. The predicted octanol–water partition coefficient (Wildman–Crippen LogP) is 4.10. The summed E-state index contributed by atoms with van der Waals surface area (Å²) in [7, 11) is -5.47. The summed E-state index contributed by atoms with van der Waals surface area (Å²) < 4.78 is 25.8. The lowest BCUT2D eigenvalue weighted by atomic mass is 10.1. The number of sulfone groups is 1. The van der Waals surface area contributed by atoms with Crippen LogP contribution in [0.25, 0.3) is 0 Å². The summed E-state index contributed by atoms with van der Waals surface area (Å²) in [6, 6.07) is 6.89. The molecule has 0 amide bonds. The molecule has 1 heterocycles. The minimum absolute atomic E-state index is 0.163. The maximum absolute atomic E-state index is 12.9. The molecule has 0 bridgehead atoms. The van der Waals surface area contributed by atoms with Crippen molar-refractivity contribution in [3.63, 3.8) is 0 Å². The molecule has 0 unspecified atom stereocenters. The second kappa shape index (κ2) is 4.88. The zero-order valence-corrected chi connectivity index (χ0v) is 15.2. The normalized spacial score (nSPS) is 18.4. The third kappa shape index (κ3) is 2.87. The molecular weight excluding hydrogens is 300 g/mol. The smallest absolute Gasteiger partial charge is 0.217 e. The van der Waals surface area contributed by atoms with E-state index in [2.05, 4.69) is 29.9 Å². The topological polar surface area (TPSA) is 58.9 Å². The zero-order valence-electron chi connectivity index (χ0n) is 13.4. The molecular formula is C15H22N2O2SSi. The molecule has 21 heavy (non-hydrogen) atoms. The maximum Gasteiger partial charge on any atom is 0.225 e. The molecule has 114 valence electrons. The summed E-state index contributed by atoms with van der Waals surface area (Å²) in [5.74, 6) is 0. The van der Waals surface area contributed by atoms with Crippen molar-refractivity contribution in [2.75, 3.05) is 0 Å². The fraction of sp³-hybridized carbons (Fsp3) is 0.467. The van der Waals surface area contributed by atoms with Crippen LogP contribution in [0.5, 0.6) is 0 Å². The van der Waals surface area contributed by atoms with Crippen molar-refractivity contribution in [1.29, 1.82) is 0 Å². The number of benzene rings is 1. The Hall–Kier alpha value is -1.27. The number of hydrogen-bond donors (Lipinski definition) is 0. The van der Waals surface area contributed by atoms with Gasteiger partial charge in [-0.1, -0.05) is 37.3 Å². The van der Waals surface area contributed by atoms with Gasteiger partial charge >= 0.3 is 0 Å². The highest BCUT2D eigenvalue weighted by Crippen LogP contribution is 2.41. The van der Waals surface area contributed by atoms with Crippen LogP contribution in [0.1, 0.15) is 19.4 Å². The second-order valence-corrected chi connectivity index (χ2v) is 13.9. The summed E-state index contributed by atoms with van der Waals surface area (Å²) in [5.41, 5.74) is 0.499. The van der Waals surface area contributed by atoms with Gasteiger partial charge < -0.3 is 0 Å². The summed E-state index contributed by atoms with van der Waals surface area (Å²) in [5, 5.41) is 9.33. The number of azo groups is 1. The molecule has 0 aliphatic carbocycles. The molecule has 2 rings (SSSR count). The van der Waals surface area contributed by atoms with E-state index in [0.717, 1.165) is 10.8 Å². The summed E-state index contributed by atoms with van der Waals surface area (Å²) in [4.78, 5) is 0.288. The molecule has 1 aliphatic heterocycles. The summed E-state index contributed by atoms with van der Waals surface area (Å²) in [6.07, 6.45) is 0. The summed E-state index contributed by atoms with van der Waals surface area (Å²) >= 11 is 0. The number of hydrogen-bond acceptors (Lipinski definition) is 4. The highest BCUT2D eigenvalue weighted by molar-refractivity contribution is 7.95. The van der Waals surface area contributed by atoms with Crippen LogP contribution >= 0.6 is 0 Å². The van der Waals surface area contributed by atoms with Crippen molar-refractivity contribution >= 4 is 17.9 Å². The number of nitrogens with zero attached hydrogens (tertiary/aromatic N) is 2. The van der Waals surface area contributed by atoms with Gasteiger partial charge in [-0.25, -0.2) is 8.42 Å². The van der Waals surface area contributed by atoms with Gasteiger partial charge in [0.1, 0.15) is 0 Å². The highest BCUT2D eigenvalue weighted by atomic mass is 32.2. The first-order valence-electron chi connectivity index (χ1n) is 6.96. The van der Waals surface area contributed by atoms with E-state index in [4.69, 9.17) is 0 Å². The average molecular weight is 323 g/mol. The van der Waals surface area contributed by atoms with E-state index in [0.29, 0.717) is 0 Å². The second-order valence-electron chi connectivity index (χ2n) is 7.01. The Bertz CT molecular complexity index is 724. The van der Waals surface area contributed by atoms with Crippen LogP contribution in [-0.4, -0.2) is 22.0 Å². The molecule has 0 N–H and O–H groups in total. The molecule has 0 saturated carbocycles. The van der Waals surface area contributed by atoms with Crippen molar-refractivity contribution in [2.24, 2.45) is 10.2 Å². The lowest BCUT2D eigenvalue weighted by Crippen LogP contribution is -2.37. The Labute approximate surface area is 127 Å². The van der Waals surface area contributed by atoms with Crippen LogP contribution in [0.15, 0.2) is 49.6 Å². The molecule has 0 atom stereocenters. The lowest BCUT2D eigenvalue weighted by Gasteiger charge is -2.28. The molecule has 0 spiro atoms. The van der Waals surface area contributed by atoms with E-state index < -0.39 is 23.5 Å². The van der Waals surface area contributed by atoms with Gasteiger partial charge in [0.05, 0.1) is 18.5 Å². The van der Waals surface area contributed by atoms with Crippen LogP contribution < -0.4 is 0 Å². The van der Waals surface area contributed by atoms with E-state index in [1.165, 1.54) is 0 Å². The molecule has 1 aliphatic rings. The van der Waals surface area contributed by atoms with Gasteiger partial charge in [-0.15, -0.1) is 5.11 Å². The highest BCUT2D eigenvalue weighted by Gasteiger charge is 2.44. The maximum atomic E-state index is 12.9. The molecule has 1 aromatic carbocycles. The van der Waals surface area contributed by atoms with Crippen LogP contribution in [0, 0.1) is 6.92 Å². The van der Waals surface area contributed by atoms with E-state index in [-0.39, 0.29) is 9.92 Å². The minimum Gasteiger partial charge on any atom is -0.217 e. The van der Waals surface area contributed by atoms with Crippen LogP contribution in [-0.2, 0) is 9.84 Å². The Morgan fingerprint density at radius 1 is 1.05 bits per heavy atom. The van der Waals surface area contributed by atoms with Crippen molar-refractivity contribution in [1.82, 2.24) is 0 Å². The first-order valence-corrected chi connectivity index (χ1v) is 11.9. The minimum atomic E-state index is -3.60. The van der Waals surface area contributed by atoms with Crippen LogP contribution in [0.4, 0.5) is 0 Å². The SMILES string of the molecule is Cc1ccc(S(=O)(=O)C2=C([Si](C)(C)C)C(C)(C)N=N2)cc1. The molecule has 0 fully saturated rings. The van der Waals surface area contributed by atoms with Gasteiger partial charge in [0.2, 0.25) is 9.84 Å². The molecule has 0 saturated heterocycles. The zero-order chi connectivity index (χ0) is 16.1. The quantitative estimate of drug-likeness (QED) is 0.787. The standard InChI is InChI=1S/C15H22N2O2SSi/c1-11-7-9-12(10-8-11)20(18,19)14-13(21(4,5)6)15(2,3)17-16-14/h7-10H,1-6H3. The third-order valence-corrected chi connectivity index (χ3v) is 7.77. The van der Waals surface area contributed by atoms with E-state index in [9.17, 15) is 8.42 Å². The number of aryl methyl sites for hydroxylation is 1. The van der Waals surface area contributed by atoms with Gasteiger partial charge in [0.15, 0.2) is 5.03 Å².